The second kappa shape index (κ2) is 5.10. The Kier molecular flexibility index (Phi) is 3.28. The van der Waals surface area contributed by atoms with Crippen LogP contribution in [0.3, 0.4) is 0 Å². The minimum atomic E-state index is -0.0475. The Morgan fingerprint density at radius 1 is 1.10 bits per heavy atom. The molecule has 0 aliphatic carbocycles. The van der Waals surface area contributed by atoms with Gasteiger partial charge in [0.05, 0.1) is 0 Å². The van der Waals surface area contributed by atoms with Gasteiger partial charge in [-0.25, -0.2) is 0 Å². The first-order chi connectivity index (χ1) is 9.69. The van der Waals surface area contributed by atoms with Crippen molar-refractivity contribution in [1.29, 1.82) is 0 Å². The van der Waals surface area contributed by atoms with Gasteiger partial charge in [-0.15, -0.1) is 11.3 Å². The minimum absolute atomic E-state index is 0.0475. The minimum Gasteiger partial charge on any atom is -0.355 e. The Hall–Kier alpha value is -2.13. The summed E-state index contributed by atoms with van der Waals surface area (Å²) < 4.78 is 1.14. The number of thiophene rings is 1. The Bertz CT molecular complexity index is 771. The van der Waals surface area contributed by atoms with Crippen molar-refractivity contribution >= 4 is 27.3 Å². The summed E-state index contributed by atoms with van der Waals surface area (Å²) in [4.78, 5) is 11.9. The summed E-state index contributed by atoms with van der Waals surface area (Å²) >= 11 is 1.66. The summed E-state index contributed by atoms with van der Waals surface area (Å²) in [6.45, 7) is 2.07. The van der Waals surface area contributed by atoms with Crippen LogP contribution in [0.25, 0.3) is 21.2 Å². The van der Waals surface area contributed by atoms with Crippen molar-refractivity contribution in [1.82, 2.24) is 5.32 Å². The quantitative estimate of drug-likeness (QED) is 0.748. The monoisotopic (exact) mass is 281 g/mol. The first-order valence-electron chi connectivity index (χ1n) is 6.49. The van der Waals surface area contributed by atoms with Crippen LogP contribution in [0.15, 0.2) is 47.8 Å². The summed E-state index contributed by atoms with van der Waals surface area (Å²) in [6, 6.07) is 14.4. The van der Waals surface area contributed by atoms with E-state index in [4.69, 9.17) is 0 Å². The zero-order valence-electron chi connectivity index (χ0n) is 11.4. The highest BCUT2D eigenvalue weighted by atomic mass is 32.1. The van der Waals surface area contributed by atoms with Crippen molar-refractivity contribution in [3.8, 4) is 11.1 Å². The number of amides is 1. The number of hydrogen-bond acceptors (Lipinski definition) is 2. The van der Waals surface area contributed by atoms with Crippen LogP contribution >= 0.6 is 11.3 Å². The molecule has 0 aliphatic rings. The molecule has 0 saturated heterocycles. The van der Waals surface area contributed by atoms with Crippen molar-refractivity contribution in [2.24, 2.45) is 0 Å². The van der Waals surface area contributed by atoms with E-state index in [0.29, 0.717) is 5.56 Å². The average Bonchev–Trinajstić information content (AvgIpc) is 2.94. The largest absolute Gasteiger partial charge is 0.355 e. The summed E-state index contributed by atoms with van der Waals surface area (Å²) in [6.07, 6.45) is 0. The van der Waals surface area contributed by atoms with E-state index in [-0.39, 0.29) is 5.91 Å². The summed E-state index contributed by atoms with van der Waals surface area (Å²) in [5, 5.41) is 5.96. The number of rotatable bonds is 2. The number of fused-ring (bicyclic) bond motifs is 1. The van der Waals surface area contributed by atoms with Gasteiger partial charge in [-0.3, -0.25) is 4.79 Å². The first-order valence-corrected chi connectivity index (χ1v) is 7.37. The van der Waals surface area contributed by atoms with E-state index < -0.39 is 0 Å². The average molecular weight is 281 g/mol. The van der Waals surface area contributed by atoms with E-state index >= 15 is 0 Å². The van der Waals surface area contributed by atoms with Gasteiger partial charge in [-0.1, -0.05) is 29.8 Å². The van der Waals surface area contributed by atoms with Gasteiger partial charge >= 0.3 is 0 Å². The first kappa shape index (κ1) is 12.9. The maximum atomic E-state index is 11.9. The maximum Gasteiger partial charge on any atom is 0.251 e. The fraction of sp³-hybridized carbons (Fsp3) is 0.118. The third-order valence-electron chi connectivity index (χ3n) is 3.42. The van der Waals surface area contributed by atoms with Gasteiger partial charge in [0.25, 0.3) is 5.91 Å². The van der Waals surface area contributed by atoms with Gasteiger partial charge in [-0.05, 0) is 41.6 Å². The molecule has 0 saturated carbocycles. The lowest BCUT2D eigenvalue weighted by atomic mass is 9.98. The highest BCUT2D eigenvalue weighted by Crippen LogP contribution is 2.33. The predicted molar refractivity (Wildman–Crippen MR) is 85.4 cm³/mol. The standard InChI is InChI=1S/C17H15NOS/c1-11-3-5-12(6-4-11)15-9-13(17(19)18-2)10-16-14(15)7-8-20-16/h3-10H,1-2H3,(H,18,19). The number of nitrogens with one attached hydrogen (secondary N) is 1. The molecule has 0 fully saturated rings. The molecule has 1 aromatic heterocycles. The second-order valence-electron chi connectivity index (χ2n) is 4.80. The zero-order valence-corrected chi connectivity index (χ0v) is 12.3. The number of hydrogen-bond donors (Lipinski definition) is 1. The lowest BCUT2D eigenvalue weighted by molar-refractivity contribution is 0.0963. The number of aryl methyl sites for hydroxylation is 1. The van der Waals surface area contributed by atoms with Gasteiger partial charge in [-0.2, -0.15) is 0 Å². The SMILES string of the molecule is CNC(=O)c1cc(-c2ccc(C)cc2)c2ccsc2c1. The van der Waals surface area contributed by atoms with Crippen LogP contribution in [0.1, 0.15) is 15.9 Å². The Labute approximate surface area is 122 Å². The van der Waals surface area contributed by atoms with E-state index in [2.05, 4.69) is 48.0 Å². The summed E-state index contributed by atoms with van der Waals surface area (Å²) in [7, 11) is 1.66. The van der Waals surface area contributed by atoms with E-state index in [9.17, 15) is 4.79 Å². The molecule has 100 valence electrons. The molecule has 1 N–H and O–H groups in total. The Morgan fingerprint density at radius 2 is 1.85 bits per heavy atom. The fourth-order valence-electron chi connectivity index (χ4n) is 2.32. The van der Waals surface area contributed by atoms with Crippen LogP contribution in [-0.2, 0) is 0 Å². The van der Waals surface area contributed by atoms with Gasteiger partial charge in [0.1, 0.15) is 0 Å². The van der Waals surface area contributed by atoms with Crippen LogP contribution in [0.4, 0.5) is 0 Å². The molecule has 2 nitrogen and oxygen atoms in total. The van der Waals surface area contributed by atoms with Gasteiger partial charge < -0.3 is 5.32 Å². The molecule has 0 aliphatic heterocycles. The van der Waals surface area contributed by atoms with Crippen molar-refractivity contribution in [2.45, 2.75) is 6.92 Å². The van der Waals surface area contributed by atoms with E-state index in [1.165, 1.54) is 10.9 Å². The zero-order chi connectivity index (χ0) is 14.1. The van der Waals surface area contributed by atoms with Gasteiger partial charge in [0.15, 0.2) is 0 Å². The van der Waals surface area contributed by atoms with Gasteiger partial charge in [0, 0.05) is 22.7 Å². The molecule has 1 amide bonds. The highest BCUT2D eigenvalue weighted by Gasteiger charge is 2.11. The lowest BCUT2D eigenvalue weighted by Crippen LogP contribution is -2.17. The fourth-order valence-corrected chi connectivity index (χ4v) is 3.17. The Balaban J connectivity index is 2.24. The van der Waals surface area contributed by atoms with E-state index in [1.54, 1.807) is 18.4 Å². The molecule has 2 aromatic carbocycles. The highest BCUT2D eigenvalue weighted by molar-refractivity contribution is 7.17. The molecule has 1 heterocycles. The molecular formula is C17H15NOS. The molecule has 3 rings (SSSR count). The van der Waals surface area contributed by atoms with E-state index in [0.717, 1.165) is 15.8 Å². The maximum absolute atomic E-state index is 11.9. The Morgan fingerprint density at radius 3 is 2.55 bits per heavy atom. The predicted octanol–water partition coefficient (Wildman–Crippen LogP) is 4.24. The topological polar surface area (TPSA) is 29.1 Å². The van der Waals surface area contributed by atoms with Crippen molar-refractivity contribution in [3.05, 3.63) is 59.0 Å². The van der Waals surface area contributed by atoms with Crippen molar-refractivity contribution in [2.75, 3.05) is 7.05 Å². The normalized spacial score (nSPS) is 10.7. The lowest BCUT2D eigenvalue weighted by Gasteiger charge is -2.08. The number of carbonyl (C=O) groups is 1. The van der Waals surface area contributed by atoms with Crippen LogP contribution in [0.2, 0.25) is 0 Å². The summed E-state index contributed by atoms with van der Waals surface area (Å²) in [5.41, 5.74) is 4.20. The molecule has 0 atom stereocenters. The number of benzene rings is 2. The smallest absolute Gasteiger partial charge is 0.251 e. The van der Waals surface area contributed by atoms with Crippen LogP contribution in [0, 0.1) is 6.92 Å². The molecule has 0 radical (unpaired) electrons. The van der Waals surface area contributed by atoms with Crippen molar-refractivity contribution < 1.29 is 4.79 Å². The van der Waals surface area contributed by atoms with Crippen LogP contribution in [-0.4, -0.2) is 13.0 Å². The molecule has 3 heteroatoms. The molecule has 0 bridgehead atoms. The van der Waals surface area contributed by atoms with Crippen molar-refractivity contribution in [3.63, 3.8) is 0 Å². The molecule has 0 unspecified atom stereocenters. The van der Waals surface area contributed by atoms with E-state index in [1.807, 2.05) is 12.1 Å². The summed E-state index contributed by atoms with van der Waals surface area (Å²) in [5.74, 6) is -0.0475. The third kappa shape index (κ3) is 2.21. The third-order valence-corrected chi connectivity index (χ3v) is 4.29. The van der Waals surface area contributed by atoms with Crippen LogP contribution < -0.4 is 5.32 Å². The molecule has 20 heavy (non-hydrogen) atoms. The molecule has 3 aromatic rings. The molecular weight excluding hydrogens is 266 g/mol. The van der Waals surface area contributed by atoms with Crippen LogP contribution in [0.5, 0.6) is 0 Å². The van der Waals surface area contributed by atoms with Gasteiger partial charge in [0.2, 0.25) is 0 Å². The second-order valence-corrected chi connectivity index (χ2v) is 5.75. The number of carbonyl (C=O) groups excluding carboxylic acids is 1. The molecule has 0 spiro atoms.